The van der Waals surface area contributed by atoms with Crippen LogP contribution < -0.4 is 14.9 Å². The summed E-state index contributed by atoms with van der Waals surface area (Å²) in [5.41, 5.74) is 3.64. The third-order valence-corrected chi connectivity index (χ3v) is 3.66. The fourth-order valence-corrected chi connectivity index (χ4v) is 2.42. The van der Waals surface area contributed by atoms with Gasteiger partial charge in [0.25, 0.3) is 5.91 Å². The van der Waals surface area contributed by atoms with Crippen molar-refractivity contribution in [2.24, 2.45) is 5.10 Å². The quantitative estimate of drug-likeness (QED) is 0.425. The fraction of sp³-hybridized carbons (Fsp3) is 0.211. The molecule has 3 aromatic rings. The summed E-state index contributed by atoms with van der Waals surface area (Å²) < 4.78 is 34.6. The first-order valence-electron chi connectivity index (χ1n) is 8.92. The van der Waals surface area contributed by atoms with E-state index in [0.29, 0.717) is 11.4 Å². The maximum atomic E-state index is 12.4. The summed E-state index contributed by atoms with van der Waals surface area (Å²) in [6.07, 6.45) is 1.34. The van der Waals surface area contributed by atoms with E-state index >= 15 is 0 Å². The van der Waals surface area contributed by atoms with Gasteiger partial charge in [0.2, 0.25) is 5.82 Å². The number of alkyl halides is 2. The van der Waals surface area contributed by atoms with Gasteiger partial charge in [-0.2, -0.15) is 18.7 Å². The van der Waals surface area contributed by atoms with E-state index in [0.717, 1.165) is 10.4 Å². The molecule has 0 radical (unpaired) electrons. The largest absolute Gasteiger partial charge is 0.490 e. The molecule has 11 heteroatoms. The lowest BCUT2D eigenvalue weighted by atomic mass is 10.2. The second-order valence-corrected chi connectivity index (χ2v) is 5.82. The number of hydrazone groups is 1. The van der Waals surface area contributed by atoms with E-state index in [1.54, 1.807) is 6.92 Å². The summed E-state index contributed by atoms with van der Waals surface area (Å²) in [6, 6.07) is 13.5. The Balaban J connectivity index is 1.58. The molecule has 0 spiro atoms. The Labute approximate surface area is 170 Å². The van der Waals surface area contributed by atoms with Crippen molar-refractivity contribution in [2.45, 2.75) is 20.1 Å². The SMILES string of the molecule is CCOc1cc(/C=N\NC(=O)Cn2nnc(-c3ccccc3)n2)ccc1OC(F)F. The second kappa shape index (κ2) is 10.0. The van der Waals surface area contributed by atoms with Crippen LogP contribution in [0.25, 0.3) is 11.4 Å². The molecule has 0 fully saturated rings. The Kier molecular flexibility index (Phi) is 6.98. The standard InChI is InChI=1S/C19H18F2N6O3/c1-2-29-16-10-13(8-9-15(16)30-19(20)21)11-22-23-17(28)12-27-25-18(24-26-27)14-6-4-3-5-7-14/h3-11,19H,2,12H2,1H3,(H,23,28)/b22-11-. The van der Waals surface area contributed by atoms with Gasteiger partial charge >= 0.3 is 6.61 Å². The molecular formula is C19H18F2N6O3. The molecule has 0 saturated carbocycles. The second-order valence-electron chi connectivity index (χ2n) is 5.82. The smallest absolute Gasteiger partial charge is 0.387 e. The minimum absolute atomic E-state index is 0.0838. The Hall–Kier alpha value is -3.89. The number of carbonyl (C=O) groups is 1. The van der Waals surface area contributed by atoms with Crippen LogP contribution in [0.5, 0.6) is 11.5 Å². The predicted octanol–water partition coefficient (Wildman–Crippen LogP) is 2.49. The van der Waals surface area contributed by atoms with Crippen LogP contribution in [0, 0.1) is 0 Å². The van der Waals surface area contributed by atoms with Crippen LogP contribution in [0.3, 0.4) is 0 Å². The number of rotatable bonds is 9. The zero-order chi connectivity index (χ0) is 21.3. The third-order valence-electron chi connectivity index (χ3n) is 3.66. The van der Waals surface area contributed by atoms with Gasteiger partial charge in [0.05, 0.1) is 12.8 Å². The van der Waals surface area contributed by atoms with Gasteiger partial charge in [-0.15, -0.1) is 10.2 Å². The highest BCUT2D eigenvalue weighted by Gasteiger charge is 2.11. The van der Waals surface area contributed by atoms with Gasteiger partial charge in [0.15, 0.2) is 11.5 Å². The number of nitrogens with zero attached hydrogens (tertiary/aromatic N) is 5. The molecule has 30 heavy (non-hydrogen) atoms. The number of nitrogens with one attached hydrogen (secondary N) is 1. The number of halogens is 2. The third kappa shape index (κ3) is 5.80. The molecule has 0 aliphatic rings. The number of carbonyl (C=O) groups excluding carboxylic acids is 1. The number of ether oxygens (including phenoxy) is 2. The highest BCUT2D eigenvalue weighted by molar-refractivity contribution is 5.83. The van der Waals surface area contributed by atoms with Gasteiger partial charge in [-0.1, -0.05) is 30.3 Å². The summed E-state index contributed by atoms with van der Waals surface area (Å²) in [5.74, 6) is 0.000235. The molecule has 0 unspecified atom stereocenters. The lowest BCUT2D eigenvalue weighted by Gasteiger charge is -2.11. The first-order valence-corrected chi connectivity index (χ1v) is 8.92. The average molecular weight is 416 g/mol. The molecule has 9 nitrogen and oxygen atoms in total. The Morgan fingerprint density at radius 3 is 2.77 bits per heavy atom. The number of tetrazole rings is 1. The van der Waals surface area contributed by atoms with E-state index in [4.69, 9.17) is 4.74 Å². The van der Waals surface area contributed by atoms with Gasteiger partial charge in [0.1, 0.15) is 6.54 Å². The molecule has 2 aromatic carbocycles. The average Bonchev–Trinajstić information content (AvgIpc) is 3.19. The zero-order valence-electron chi connectivity index (χ0n) is 15.9. The highest BCUT2D eigenvalue weighted by atomic mass is 19.3. The first kappa shape index (κ1) is 20.8. The summed E-state index contributed by atoms with van der Waals surface area (Å²) in [5, 5.41) is 15.7. The van der Waals surface area contributed by atoms with Crippen molar-refractivity contribution in [3.05, 3.63) is 54.1 Å². The minimum Gasteiger partial charge on any atom is -0.490 e. The molecule has 1 aromatic heterocycles. The van der Waals surface area contributed by atoms with Crippen molar-refractivity contribution in [1.29, 1.82) is 0 Å². The van der Waals surface area contributed by atoms with Gasteiger partial charge in [-0.05, 0) is 35.9 Å². The van der Waals surface area contributed by atoms with Crippen LogP contribution in [0.15, 0.2) is 53.6 Å². The summed E-state index contributed by atoms with van der Waals surface area (Å²) in [4.78, 5) is 13.2. The zero-order valence-corrected chi connectivity index (χ0v) is 15.9. The number of benzene rings is 2. The summed E-state index contributed by atoms with van der Waals surface area (Å²) in [7, 11) is 0. The fourth-order valence-electron chi connectivity index (χ4n) is 2.42. The number of aromatic nitrogens is 4. The molecule has 156 valence electrons. The Bertz CT molecular complexity index is 1010. The number of hydrogen-bond acceptors (Lipinski definition) is 7. The van der Waals surface area contributed by atoms with Crippen LogP contribution >= 0.6 is 0 Å². The van der Waals surface area contributed by atoms with E-state index in [1.807, 2.05) is 30.3 Å². The monoisotopic (exact) mass is 416 g/mol. The topological polar surface area (TPSA) is 104 Å². The van der Waals surface area contributed by atoms with Crippen LogP contribution in [0.2, 0.25) is 0 Å². The minimum atomic E-state index is -2.96. The Morgan fingerprint density at radius 1 is 1.23 bits per heavy atom. The number of hydrogen-bond donors (Lipinski definition) is 1. The van der Waals surface area contributed by atoms with E-state index in [9.17, 15) is 13.6 Å². The van der Waals surface area contributed by atoms with Crippen molar-refractivity contribution in [2.75, 3.05) is 6.61 Å². The van der Waals surface area contributed by atoms with E-state index in [2.05, 4.69) is 30.7 Å². The molecule has 1 N–H and O–H groups in total. The normalized spacial score (nSPS) is 11.1. The van der Waals surface area contributed by atoms with Gasteiger partial charge in [-0.3, -0.25) is 4.79 Å². The maximum Gasteiger partial charge on any atom is 0.387 e. The van der Waals surface area contributed by atoms with Crippen molar-refractivity contribution < 1.29 is 23.0 Å². The van der Waals surface area contributed by atoms with Crippen molar-refractivity contribution in [3.8, 4) is 22.9 Å². The van der Waals surface area contributed by atoms with Crippen molar-refractivity contribution >= 4 is 12.1 Å². The molecular weight excluding hydrogens is 398 g/mol. The van der Waals surface area contributed by atoms with E-state index < -0.39 is 12.5 Å². The molecule has 1 amide bonds. The van der Waals surface area contributed by atoms with Crippen LogP contribution in [0.1, 0.15) is 12.5 Å². The van der Waals surface area contributed by atoms with Crippen molar-refractivity contribution in [3.63, 3.8) is 0 Å². The van der Waals surface area contributed by atoms with Crippen molar-refractivity contribution in [1.82, 2.24) is 25.6 Å². The van der Waals surface area contributed by atoms with Crippen LogP contribution in [0.4, 0.5) is 8.78 Å². The van der Waals surface area contributed by atoms with Crippen LogP contribution in [-0.2, 0) is 11.3 Å². The predicted molar refractivity (Wildman–Crippen MR) is 103 cm³/mol. The van der Waals surface area contributed by atoms with Crippen LogP contribution in [-0.4, -0.2) is 45.5 Å². The molecule has 0 bridgehead atoms. The van der Waals surface area contributed by atoms with E-state index in [-0.39, 0.29) is 24.7 Å². The summed E-state index contributed by atoms with van der Waals surface area (Å²) in [6.45, 7) is -1.15. The first-order chi connectivity index (χ1) is 14.5. The molecule has 3 rings (SSSR count). The molecule has 1 heterocycles. The van der Waals surface area contributed by atoms with E-state index in [1.165, 1.54) is 24.4 Å². The lowest BCUT2D eigenvalue weighted by Crippen LogP contribution is -2.24. The molecule has 0 atom stereocenters. The molecule has 0 aliphatic carbocycles. The molecule has 0 saturated heterocycles. The highest BCUT2D eigenvalue weighted by Crippen LogP contribution is 2.29. The number of amides is 1. The maximum absolute atomic E-state index is 12.4. The van der Waals surface area contributed by atoms with Gasteiger partial charge in [0, 0.05) is 5.56 Å². The van der Waals surface area contributed by atoms with Gasteiger partial charge in [-0.25, -0.2) is 5.43 Å². The van der Waals surface area contributed by atoms with Gasteiger partial charge < -0.3 is 9.47 Å². The Morgan fingerprint density at radius 2 is 2.03 bits per heavy atom. The molecule has 0 aliphatic heterocycles. The lowest BCUT2D eigenvalue weighted by molar-refractivity contribution is -0.122. The summed E-state index contributed by atoms with van der Waals surface area (Å²) >= 11 is 0.